The largest absolute Gasteiger partial charge is 0.477 e. The number of aromatic nitrogens is 2. The van der Waals surface area contributed by atoms with Crippen LogP contribution in [0.3, 0.4) is 0 Å². The number of aromatic amines is 2. The lowest BCUT2D eigenvalue weighted by atomic mass is 10.2. The minimum atomic E-state index is -1.19. The van der Waals surface area contributed by atoms with Gasteiger partial charge in [0.2, 0.25) is 0 Å². The Balaban J connectivity index is 2.32. The molecule has 0 aliphatic carbocycles. The van der Waals surface area contributed by atoms with Crippen LogP contribution < -0.4 is 10.7 Å². The maximum atomic E-state index is 11.9. The van der Waals surface area contributed by atoms with Gasteiger partial charge in [0.25, 0.3) is 5.91 Å². The highest BCUT2D eigenvalue weighted by molar-refractivity contribution is 6.07. The predicted molar refractivity (Wildman–Crippen MR) is 67.5 cm³/mol. The van der Waals surface area contributed by atoms with Gasteiger partial charge in [-0.05, 0) is 13.0 Å². The van der Waals surface area contributed by atoms with E-state index in [1.54, 1.807) is 6.92 Å². The van der Waals surface area contributed by atoms with E-state index in [4.69, 9.17) is 5.11 Å². The molecule has 0 radical (unpaired) electrons. The van der Waals surface area contributed by atoms with Crippen LogP contribution in [-0.4, -0.2) is 27.0 Å². The van der Waals surface area contributed by atoms with Crippen LogP contribution in [0, 0.1) is 6.92 Å². The molecule has 1 amide bonds. The van der Waals surface area contributed by atoms with E-state index >= 15 is 0 Å². The van der Waals surface area contributed by atoms with E-state index in [2.05, 4.69) is 15.3 Å². The summed E-state index contributed by atoms with van der Waals surface area (Å²) in [6, 6.07) is 2.70. The third kappa shape index (κ3) is 2.54. The van der Waals surface area contributed by atoms with Crippen molar-refractivity contribution in [2.45, 2.75) is 6.92 Å². The van der Waals surface area contributed by atoms with Gasteiger partial charge in [-0.1, -0.05) is 0 Å². The molecule has 0 aliphatic heterocycles. The lowest BCUT2D eigenvalue weighted by molar-refractivity contribution is 0.0692. The van der Waals surface area contributed by atoms with E-state index in [0.717, 1.165) is 0 Å². The van der Waals surface area contributed by atoms with Crippen molar-refractivity contribution >= 4 is 17.6 Å². The van der Waals surface area contributed by atoms with E-state index in [0.29, 0.717) is 5.69 Å². The van der Waals surface area contributed by atoms with Crippen molar-refractivity contribution in [3.63, 3.8) is 0 Å². The van der Waals surface area contributed by atoms with Crippen LogP contribution in [0.4, 0.5) is 5.69 Å². The number of anilines is 1. The van der Waals surface area contributed by atoms with Crippen molar-refractivity contribution < 1.29 is 14.7 Å². The molecule has 98 valence electrons. The first-order valence-electron chi connectivity index (χ1n) is 5.40. The molecule has 0 bridgehead atoms. The summed E-state index contributed by atoms with van der Waals surface area (Å²) in [6.45, 7) is 1.66. The lowest BCUT2D eigenvalue weighted by Crippen LogP contribution is -2.21. The monoisotopic (exact) mass is 261 g/mol. The van der Waals surface area contributed by atoms with Crippen molar-refractivity contribution in [2.24, 2.45) is 0 Å². The Morgan fingerprint density at radius 1 is 1.37 bits per heavy atom. The number of aryl methyl sites for hydroxylation is 1. The highest BCUT2D eigenvalue weighted by atomic mass is 16.4. The molecule has 7 heteroatoms. The van der Waals surface area contributed by atoms with Gasteiger partial charge in [-0.3, -0.25) is 9.59 Å². The van der Waals surface area contributed by atoms with Gasteiger partial charge in [0.1, 0.15) is 11.3 Å². The second-order valence-corrected chi connectivity index (χ2v) is 3.92. The summed E-state index contributed by atoms with van der Waals surface area (Å²) in [4.78, 5) is 39.6. The molecule has 19 heavy (non-hydrogen) atoms. The molecule has 0 fully saturated rings. The van der Waals surface area contributed by atoms with Crippen LogP contribution in [0.25, 0.3) is 0 Å². The van der Waals surface area contributed by atoms with Gasteiger partial charge < -0.3 is 20.4 Å². The molecule has 0 saturated carbocycles. The maximum Gasteiger partial charge on any atom is 0.354 e. The summed E-state index contributed by atoms with van der Waals surface area (Å²) in [5.74, 6) is -1.85. The minimum Gasteiger partial charge on any atom is -0.477 e. The number of aromatic carboxylic acids is 1. The van der Waals surface area contributed by atoms with Crippen LogP contribution in [0.1, 0.15) is 26.5 Å². The van der Waals surface area contributed by atoms with Gasteiger partial charge >= 0.3 is 5.97 Å². The third-order valence-electron chi connectivity index (χ3n) is 2.48. The first-order valence-corrected chi connectivity index (χ1v) is 5.40. The topological polar surface area (TPSA) is 115 Å². The van der Waals surface area contributed by atoms with E-state index in [1.807, 2.05) is 0 Å². The number of H-pyrrole nitrogens is 2. The fourth-order valence-corrected chi connectivity index (χ4v) is 1.64. The lowest BCUT2D eigenvalue weighted by Gasteiger charge is -2.03. The normalized spacial score (nSPS) is 10.2. The Morgan fingerprint density at radius 3 is 2.74 bits per heavy atom. The molecule has 2 heterocycles. The highest BCUT2D eigenvalue weighted by Gasteiger charge is 2.17. The second-order valence-electron chi connectivity index (χ2n) is 3.92. The number of rotatable bonds is 3. The summed E-state index contributed by atoms with van der Waals surface area (Å²) in [6.07, 6.45) is 2.67. The first kappa shape index (κ1) is 12.6. The Morgan fingerprint density at radius 2 is 2.11 bits per heavy atom. The molecular formula is C12H11N3O4. The van der Waals surface area contributed by atoms with Crippen LogP contribution in [0.15, 0.2) is 29.3 Å². The number of carbonyl (C=O) groups is 2. The molecule has 0 atom stereocenters. The second kappa shape index (κ2) is 4.81. The van der Waals surface area contributed by atoms with Crippen LogP contribution in [0.5, 0.6) is 0 Å². The Labute approximate surface area is 107 Å². The molecule has 2 rings (SSSR count). The number of carbonyl (C=O) groups excluding carboxylic acids is 1. The maximum absolute atomic E-state index is 11.9. The minimum absolute atomic E-state index is 0.0855. The molecule has 0 saturated heterocycles. The summed E-state index contributed by atoms with van der Waals surface area (Å²) in [5.41, 5.74) is 0.0595. The molecule has 4 N–H and O–H groups in total. The Hall–Kier alpha value is -2.83. The van der Waals surface area contributed by atoms with Crippen molar-refractivity contribution in [1.29, 1.82) is 0 Å². The standard InChI is InChI=1S/C12H11N3O4/c1-6-4-8(10(14-6)12(18)19)15-11(17)7-5-13-3-2-9(7)16/h2-5,14H,1H3,(H,13,16)(H,15,17)(H,18,19). The first-order chi connectivity index (χ1) is 8.99. The average molecular weight is 261 g/mol. The number of nitrogens with one attached hydrogen (secondary N) is 3. The zero-order valence-electron chi connectivity index (χ0n) is 9.98. The van der Waals surface area contributed by atoms with Gasteiger partial charge in [-0.15, -0.1) is 0 Å². The summed E-state index contributed by atoms with van der Waals surface area (Å²) in [7, 11) is 0. The number of carboxylic acids is 1. The number of hydrogen-bond donors (Lipinski definition) is 4. The van der Waals surface area contributed by atoms with Crippen molar-refractivity contribution in [1.82, 2.24) is 9.97 Å². The number of carboxylic acid groups (broad SMARTS) is 1. The van der Waals surface area contributed by atoms with E-state index in [9.17, 15) is 14.4 Å². The third-order valence-corrected chi connectivity index (χ3v) is 2.48. The summed E-state index contributed by atoms with van der Waals surface area (Å²) in [5, 5.41) is 11.4. The number of pyridine rings is 1. The highest BCUT2D eigenvalue weighted by Crippen LogP contribution is 2.17. The summed E-state index contributed by atoms with van der Waals surface area (Å²) >= 11 is 0. The van der Waals surface area contributed by atoms with Crippen molar-refractivity contribution in [2.75, 3.05) is 5.32 Å². The van der Waals surface area contributed by atoms with Crippen molar-refractivity contribution in [3.05, 3.63) is 51.7 Å². The fraction of sp³-hybridized carbons (Fsp3) is 0.0833. The van der Waals surface area contributed by atoms with Gasteiger partial charge in [-0.2, -0.15) is 0 Å². The molecule has 7 nitrogen and oxygen atoms in total. The zero-order chi connectivity index (χ0) is 14.0. The molecule has 2 aromatic heterocycles. The van der Waals surface area contributed by atoms with Gasteiger partial charge in [-0.25, -0.2) is 4.79 Å². The van der Waals surface area contributed by atoms with Crippen LogP contribution >= 0.6 is 0 Å². The zero-order valence-corrected chi connectivity index (χ0v) is 9.98. The SMILES string of the molecule is Cc1cc(NC(=O)c2c[nH]ccc2=O)c(C(=O)O)[nH]1. The molecule has 0 aliphatic rings. The van der Waals surface area contributed by atoms with E-state index in [1.165, 1.54) is 24.5 Å². The molecule has 0 spiro atoms. The van der Waals surface area contributed by atoms with Crippen LogP contribution in [-0.2, 0) is 0 Å². The smallest absolute Gasteiger partial charge is 0.354 e. The number of amides is 1. The van der Waals surface area contributed by atoms with Crippen LogP contribution in [0.2, 0.25) is 0 Å². The molecule has 2 aromatic rings. The average Bonchev–Trinajstić information content (AvgIpc) is 2.70. The molecule has 0 aromatic carbocycles. The molecular weight excluding hydrogens is 250 g/mol. The Kier molecular flexibility index (Phi) is 3.19. The van der Waals surface area contributed by atoms with E-state index in [-0.39, 0.29) is 16.9 Å². The number of hydrogen-bond acceptors (Lipinski definition) is 3. The van der Waals surface area contributed by atoms with Crippen molar-refractivity contribution in [3.8, 4) is 0 Å². The fourth-order valence-electron chi connectivity index (χ4n) is 1.64. The summed E-state index contributed by atoms with van der Waals surface area (Å²) < 4.78 is 0. The predicted octanol–water partition coefficient (Wildman–Crippen LogP) is 0.962. The van der Waals surface area contributed by atoms with Gasteiger partial charge in [0.15, 0.2) is 5.43 Å². The quantitative estimate of drug-likeness (QED) is 0.658. The van der Waals surface area contributed by atoms with Gasteiger partial charge in [0, 0.05) is 24.2 Å². The van der Waals surface area contributed by atoms with Gasteiger partial charge in [0.05, 0.1) is 5.69 Å². The van der Waals surface area contributed by atoms with E-state index < -0.39 is 17.3 Å². The molecule has 0 unspecified atom stereocenters. The Bertz CT molecular complexity index is 699.